The van der Waals surface area contributed by atoms with Gasteiger partial charge in [-0.2, -0.15) is 13.2 Å². The van der Waals surface area contributed by atoms with E-state index in [1.807, 2.05) is 0 Å². The molecule has 2 rings (SSSR count). The Morgan fingerprint density at radius 1 is 1.08 bits per heavy atom. The second-order valence-electron chi connectivity index (χ2n) is 6.57. The lowest BCUT2D eigenvalue weighted by Gasteiger charge is -2.26. The van der Waals surface area contributed by atoms with Crippen LogP contribution in [0.4, 0.5) is 13.2 Å². The highest BCUT2D eigenvalue weighted by molar-refractivity contribution is 5.77. The Morgan fingerprint density at radius 2 is 1.75 bits per heavy atom. The molecule has 0 bridgehead atoms. The predicted molar refractivity (Wildman–Crippen MR) is 87.8 cm³/mol. The number of benzene rings is 1. The average molecular weight is 342 g/mol. The largest absolute Gasteiger partial charge is 0.396 e. The predicted octanol–water partition coefficient (Wildman–Crippen LogP) is 3.67. The van der Waals surface area contributed by atoms with E-state index in [9.17, 15) is 18.0 Å². The summed E-state index contributed by atoms with van der Waals surface area (Å²) in [7, 11) is 0. The number of carbonyl (C=O) groups excluding carboxylic acids is 1. The summed E-state index contributed by atoms with van der Waals surface area (Å²) in [5.41, 5.74) is 0.150. The summed E-state index contributed by atoms with van der Waals surface area (Å²) in [6.45, 7) is 6.80. The molecule has 1 atom stereocenters. The summed E-state index contributed by atoms with van der Waals surface area (Å²) in [6.07, 6.45) is -4.14. The van der Waals surface area contributed by atoms with Crippen LogP contribution in [0.25, 0.3) is 0 Å². The molecule has 3 nitrogen and oxygen atoms in total. The third-order valence-corrected chi connectivity index (χ3v) is 4.59. The van der Waals surface area contributed by atoms with Crippen LogP contribution in [0.15, 0.2) is 30.3 Å². The second kappa shape index (κ2) is 8.01. The molecule has 134 valence electrons. The van der Waals surface area contributed by atoms with Crippen LogP contribution in [-0.4, -0.2) is 54.1 Å². The number of rotatable bonds is 4. The first-order chi connectivity index (χ1) is 11.3. The van der Waals surface area contributed by atoms with Crippen molar-refractivity contribution in [1.29, 1.82) is 0 Å². The quantitative estimate of drug-likeness (QED) is 0.834. The van der Waals surface area contributed by atoms with Crippen molar-refractivity contribution in [3.8, 4) is 0 Å². The van der Waals surface area contributed by atoms with E-state index in [2.05, 4.69) is 18.7 Å². The Labute approximate surface area is 141 Å². The van der Waals surface area contributed by atoms with Gasteiger partial charge in [0, 0.05) is 38.6 Å². The number of hydrogen-bond acceptors (Lipinski definition) is 2. The highest BCUT2D eigenvalue weighted by Crippen LogP contribution is 2.37. The molecular formula is C18H25F3N2O. The fourth-order valence-electron chi connectivity index (χ4n) is 3.11. The normalized spacial score (nSPS) is 18.5. The molecule has 6 heteroatoms. The lowest BCUT2D eigenvalue weighted by Crippen LogP contribution is -2.38. The van der Waals surface area contributed by atoms with E-state index >= 15 is 0 Å². The molecule has 24 heavy (non-hydrogen) atoms. The van der Waals surface area contributed by atoms with E-state index in [-0.39, 0.29) is 5.56 Å². The molecule has 0 spiro atoms. The van der Waals surface area contributed by atoms with Gasteiger partial charge >= 0.3 is 6.18 Å². The minimum Gasteiger partial charge on any atom is -0.341 e. The Morgan fingerprint density at radius 3 is 2.33 bits per heavy atom. The van der Waals surface area contributed by atoms with Gasteiger partial charge in [0.2, 0.25) is 5.91 Å². The maximum Gasteiger partial charge on any atom is 0.396 e. The zero-order valence-corrected chi connectivity index (χ0v) is 14.2. The van der Waals surface area contributed by atoms with Crippen molar-refractivity contribution < 1.29 is 18.0 Å². The highest BCUT2D eigenvalue weighted by Gasteiger charge is 2.42. The van der Waals surface area contributed by atoms with Gasteiger partial charge in [-0.3, -0.25) is 9.69 Å². The summed E-state index contributed by atoms with van der Waals surface area (Å²) < 4.78 is 40.2. The molecule has 1 aliphatic heterocycles. The van der Waals surface area contributed by atoms with Gasteiger partial charge in [0.25, 0.3) is 0 Å². The van der Waals surface area contributed by atoms with E-state index in [1.54, 1.807) is 23.1 Å². The van der Waals surface area contributed by atoms with E-state index < -0.39 is 24.4 Å². The SMILES string of the molecule is CC(C)N1CCCN(C(=O)C[C@H](c2ccccc2)C(F)(F)F)CC1. The molecule has 1 amide bonds. The van der Waals surface area contributed by atoms with Gasteiger partial charge in [-0.25, -0.2) is 0 Å². The standard InChI is InChI=1S/C18H25F3N2O/c1-14(2)22-9-6-10-23(12-11-22)17(24)13-16(18(19,20)21)15-7-4-3-5-8-15/h3-5,7-8,14,16H,6,9-13H2,1-2H3/t16-/m1/s1. The zero-order chi connectivity index (χ0) is 17.7. The number of carbonyl (C=O) groups is 1. The van der Waals surface area contributed by atoms with Crippen molar-refractivity contribution >= 4 is 5.91 Å². The lowest BCUT2D eigenvalue weighted by atomic mass is 9.94. The van der Waals surface area contributed by atoms with Crippen LogP contribution in [-0.2, 0) is 4.79 Å². The number of hydrogen-bond donors (Lipinski definition) is 0. The van der Waals surface area contributed by atoms with Crippen molar-refractivity contribution in [3.05, 3.63) is 35.9 Å². The first-order valence-electron chi connectivity index (χ1n) is 8.42. The zero-order valence-electron chi connectivity index (χ0n) is 14.2. The molecule has 0 aromatic heterocycles. The second-order valence-corrected chi connectivity index (χ2v) is 6.57. The van der Waals surface area contributed by atoms with Crippen LogP contribution in [0.1, 0.15) is 38.2 Å². The van der Waals surface area contributed by atoms with E-state index in [1.165, 1.54) is 12.1 Å². The molecule has 1 saturated heterocycles. The fourth-order valence-corrected chi connectivity index (χ4v) is 3.11. The summed E-state index contributed by atoms with van der Waals surface area (Å²) in [4.78, 5) is 16.3. The first-order valence-corrected chi connectivity index (χ1v) is 8.42. The van der Waals surface area contributed by atoms with Gasteiger partial charge in [-0.05, 0) is 25.8 Å². The highest BCUT2D eigenvalue weighted by atomic mass is 19.4. The Hall–Kier alpha value is -1.56. The van der Waals surface area contributed by atoms with E-state index in [0.717, 1.165) is 13.0 Å². The molecule has 1 fully saturated rings. The molecule has 0 aliphatic carbocycles. The molecule has 1 aliphatic rings. The Kier molecular flexibility index (Phi) is 6.27. The topological polar surface area (TPSA) is 23.6 Å². The molecule has 0 unspecified atom stereocenters. The Balaban J connectivity index is 2.05. The van der Waals surface area contributed by atoms with Crippen molar-refractivity contribution in [2.75, 3.05) is 26.2 Å². The van der Waals surface area contributed by atoms with Crippen molar-refractivity contribution in [3.63, 3.8) is 0 Å². The fraction of sp³-hybridized carbons (Fsp3) is 0.611. The first kappa shape index (κ1) is 18.8. The molecule has 0 saturated carbocycles. The van der Waals surface area contributed by atoms with Gasteiger partial charge < -0.3 is 4.90 Å². The average Bonchev–Trinajstić information content (AvgIpc) is 2.78. The van der Waals surface area contributed by atoms with Crippen LogP contribution in [0.2, 0.25) is 0 Å². The Bertz CT molecular complexity index is 531. The van der Waals surface area contributed by atoms with Crippen LogP contribution in [0.5, 0.6) is 0 Å². The summed E-state index contributed by atoms with van der Waals surface area (Å²) >= 11 is 0. The van der Waals surface area contributed by atoms with Gasteiger partial charge in [0.15, 0.2) is 0 Å². The molecule has 0 radical (unpaired) electrons. The summed E-state index contributed by atoms with van der Waals surface area (Å²) in [5.74, 6) is -2.15. The number of alkyl halides is 3. The third kappa shape index (κ3) is 4.97. The van der Waals surface area contributed by atoms with Crippen LogP contribution >= 0.6 is 0 Å². The van der Waals surface area contributed by atoms with Gasteiger partial charge in [0.1, 0.15) is 0 Å². The van der Waals surface area contributed by atoms with Crippen LogP contribution in [0, 0.1) is 0 Å². The summed E-state index contributed by atoms with van der Waals surface area (Å²) in [5, 5.41) is 0. The maximum atomic E-state index is 13.4. The molecule has 1 aromatic rings. The van der Waals surface area contributed by atoms with Gasteiger partial charge in [0.05, 0.1) is 5.92 Å². The monoisotopic (exact) mass is 342 g/mol. The minimum atomic E-state index is -4.42. The number of halogens is 3. The van der Waals surface area contributed by atoms with Crippen molar-refractivity contribution in [2.24, 2.45) is 0 Å². The number of amides is 1. The third-order valence-electron chi connectivity index (χ3n) is 4.59. The molecular weight excluding hydrogens is 317 g/mol. The van der Waals surface area contributed by atoms with Gasteiger partial charge in [-0.1, -0.05) is 30.3 Å². The molecule has 1 aromatic carbocycles. The lowest BCUT2D eigenvalue weighted by molar-refractivity contribution is -0.160. The van der Waals surface area contributed by atoms with Crippen LogP contribution < -0.4 is 0 Å². The molecule has 0 N–H and O–H groups in total. The maximum absolute atomic E-state index is 13.4. The van der Waals surface area contributed by atoms with Crippen molar-refractivity contribution in [1.82, 2.24) is 9.80 Å². The smallest absolute Gasteiger partial charge is 0.341 e. The van der Waals surface area contributed by atoms with E-state index in [0.29, 0.717) is 25.7 Å². The van der Waals surface area contributed by atoms with Crippen LogP contribution in [0.3, 0.4) is 0 Å². The number of nitrogens with zero attached hydrogens (tertiary/aromatic N) is 2. The molecule has 1 heterocycles. The minimum absolute atomic E-state index is 0.150. The van der Waals surface area contributed by atoms with Crippen molar-refractivity contribution in [2.45, 2.75) is 44.8 Å². The van der Waals surface area contributed by atoms with Gasteiger partial charge in [-0.15, -0.1) is 0 Å². The van der Waals surface area contributed by atoms with E-state index in [4.69, 9.17) is 0 Å². The summed E-state index contributed by atoms with van der Waals surface area (Å²) in [6, 6.07) is 8.08.